The highest BCUT2D eigenvalue weighted by atomic mass is 32.1. The van der Waals surface area contributed by atoms with E-state index in [2.05, 4.69) is 15.6 Å². The Bertz CT molecular complexity index is 970. The second-order valence-corrected chi connectivity index (χ2v) is 6.20. The van der Waals surface area contributed by atoms with E-state index in [-0.39, 0.29) is 12.5 Å². The molecule has 0 spiro atoms. The van der Waals surface area contributed by atoms with Crippen LogP contribution in [0.2, 0.25) is 0 Å². The van der Waals surface area contributed by atoms with Crippen molar-refractivity contribution in [3.05, 3.63) is 65.2 Å². The molecule has 3 heterocycles. The number of amides is 1. The first-order valence-electron chi connectivity index (χ1n) is 7.54. The first kappa shape index (κ1) is 14.6. The number of para-hydroxylation sites is 1. The minimum atomic E-state index is -0.0542. The maximum absolute atomic E-state index is 12.2. The summed E-state index contributed by atoms with van der Waals surface area (Å²) >= 11 is 1.60. The summed E-state index contributed by atoms with van der Waals surface area (Å²) in [4.78, 5) is 12.2. The van der Waals surface area contributed by atoms with Crippen LogP contribution in [0.5, 0.6) is 0 Å². The van der Waals surface area contributed by atoms with Gasteiger partial charge in [-0.2, -0.15) is 11.3 Å². The smallest absolute Gasteiger partial charge is 0.240 e. The molecule has 0 atom stereocenters. The lowest BCUT2D eigenvalue weighted by Gasteiger charge is -2.06. The van der Waals surface area contributed by atoms with Gasteiger partial charge in [0.05, 0.1) is 18.4 Å². The molecule has 7 heteroatoms. The van der Waals surface area contributed by atoms with Crippen LogP contribution in [-0.2, 0) is 17.9 Å². The molecule has 0 aliphatic heterocycles. The molecule has 0 saturated carbocycles. The number of aromatic nitrogens is 4. The third-order valence-electron chi connectivity index (χ3n) is 3.77. The standard InChI is InChI=1S/C17H15N5OS/c23-17(11-21-7-5-13-3-1-2-4-16(13)21)18-9-14-10-22(20-19-14)15-6-8-24-12-15/h1-8,10,12H,9,11H2,(H,18,23). The Labute approximate surface area is 142 Å². The Morgan fingerprint density at radius 2 is 2.12 bits per heavy atom. The number of nitrogens with zero attached hydrogens (tertiary/aromatic N) is 4. The van der Waals surface area contributed by atoms with Crippen molar-refractivity contribution < 1.29 is 4.79 Å². The lowest BCUT2D eigenvalue weighted by molar-refractivity contribution is -0.121. The minimum Gasteiger partial charge on any atom is -0.349 e. The summed E-state index contributed by atoms with van der Waals surface area (Å²) in [6, 6.07) is 12.0. The number of rotatable bonds is 5. The predicted octanol–water partition coefficient (Wildman–Crippen LogP) is 2.60. The van der Waals surface area contributed by atoms with Gasteiger partial charge in [-0.25, -0.2) is 4.68 Å². The Kier molecular flexibility index (Phi) is 3.84. The van der Waals surface area contributed by atoms with Crippen LogP contribution in [-0.4, -0.2) is 25.5 Å². The molecule has 0 aliphatic rings. The number of nitrogens with one attached hydrogen (secondary N) is 1. The molecule has 4 rings (SSSR count). The second kappa shape index (κ2) is 6.29. The number of carbonyl (C=O) groups excluding carboxylic acids is 1. The molecule has 0 fully saturated rings. The Morgan fingerprint density at radius 1 is 1.21 bits per heavy atom. The number of hydrogen-bond acceptors (Lipinski definition) is 4. The summed E-state index contributed by atoms with van der Waals surface area (Å²) in [6.45, 7) is 0.647. The number of thiophene rings is 1. The van der Waals surface area contributed by atoms with Gasteiger partial charge >= 0.3 is 0 Å². The molecule has 0 aliphatic carbocycles. The SMILES string of the molecule is O=C(Cn1ccc2ccccc21)NCc1cn(-c2ccsc2)nn1. The fraction of sp³-hybridized carbons (Fsp3) is 0.118. The van der Waals surface area contributed by atoms with Gasteiger partial charge in [0, 0.05) is 17.1 Å². The second-order valence-electron chi connectivity index (χ2n) is 5.42. The maximum Gasteiger partial charge on any atom is 0.240 e. The van der Waals surface area contributed by atoms with Crippen molar-refractivity contribution in [2.45, 2.75) is 13.1 Å². The van der Waals surface area contributed by atoms with E-state index < -0.39 is 0 Å². The van der Waals surface area contributed by atoms with Crippen LogP contribution >= 0.6 is 11.3 Å². The van der Waals surface area contributed by atoms with Crippen LogP contribution in [0.25, 0.3) is 16.6 Å². The van der Waals surface area contributed by atoms with Gasteiger partial charge in [0.2, 0.25) is 5.91 Å². The van der Waals surface area contributed by atoms with Crippen LogP contribution in [0, 0.1) is 0 Å². The summed E-state index contributed by atoms with van der Waals surface area (Å²) < 4.78 is 3.64. The van der Waals surface area contributed by atoms with Gasteiger partial charge in [-0.1, -0.05) is 23.4 Å². The van der Waals surface area contributed by atoms with E-state index in [0.29, 0.717) is 6.54 Å². The lowest BCUT2D eigenvalue weighted by atomic mass is 10.2. The molecular formula is C17H15N5OS. The number of hydrogen-bond donors (Lipinski definition) is 1. The average Bonchev–Trinajstić information content (AvgIpc) is 3.34. The highest BCUT2D eigenvalue weighted by Crippen LogP contribution is 2.14. The molecule has 120 valence electrons. The van der Waals surface area contributed by atoms with Crippen LogP contribution in [0.3, 0.4) is 0 Å². The summed E-state index contributed by atoms with van der Waals surface area (Å²) in [5.74, 6) is -0.0542. The first-order valence-corrected chi connectivity index (χ1v) is 8.48. The molecule has 4 aromatic rings. The molecule has 24 heavy (non-hydrogen) atoms. The van der Waals surface area contributed by atoms with Crippen molar-refractivity contribution in [2.24, 2.45) is 0 Å². The highest BCUT2D eigenvalue weighted by molar-refractivity contribution is 7.08. The Balaban J connectivity index is 1.38. The molecule has 0 unspecified atom stereocenters. The van der Waals surface area contributed by atoms with E-state index in [1.54, 1.807) is 16.0 Å². The zero-order valence-corrected chi connectivity index (χ0v) is 13.6. The zero-order valence-electron chi connectivity index (χ0n) is 12.8. The molecule has 1 amide bonds. The Morgan fingerprint density at radius 3 is 3.00 bits per heavy atom. The first-order chi connectivity index (χ1) is 11.8. The summed E-state index contributed by atoms with van der Waals surface area (Å²) in [7, 11) is 0. The highest BCUT2D eigenvalue weighted by Gasteiger charge is 2.08. The van der Waals surface area contributed by atoms with Crippen LogP contribution < -0.4 is 5.32 Å². The summed E-state index contributed by atoms with van der Waals surface area (Å²) in [6.07, 6.45) is 3.75. The summed E-state index contributed by atoms with van der Waals surface area (Å²) in [5.41, 5.74) is 2.76. The predicted molar refractivity (Wildman–Crippen MR) is 93.0 cm³/mol. The van der Waals surface area contributed by atoms with E-state index in [1.807, 2.05) is 64.1 Å². The van der Waals surface area contributed by atoms with Gasteiger partial charge in [-0.3, -0.25) is 4.79 Å². The molecule has 1 N–H and O–H groups in total. The van der Waals surface area contributed by atoms with Crippen molar-refractivity contribution >= 4 is 28.1 Å². The molecule has 0 bridgehead atoms. The molecule has 6 nitrogen and oxygen atoms in total. The lowest BCUT2D eigenvalue weighted by Crippen LogP contribution is -2.27. The van der Waals surface area contributed by atoms with Crippen molar-refractivity contribution in [3.63, 3.8) is 0 Å². The molecule has 0 radical (unpaired) electrons. The van der Waals surface area contributed by atoms with Gasteiger partial charge in [-0.15, -0.1) is 5.10 Å². The van der Waals surface area contributed by atoms with Gasteiger partial charge in [0.1, 0.15) is 12.2 Å². The monoisotopic (exact) mass is 337 g/mol. The van der Waals surface area contributed by atoms with Crippen molar-refractivity contribution in [1.29, 1.82) is 0 Å². The van der Waals surface area contributed by atoms with Crippen LogP contribution in [0.4, 0.5) is 0 Å². The number of carbonyl (C=O) groups is 1. The van der Waals surface area contributed by atoms with Gasteiger partial charge in [0.25, 0.3) is 0 Å². The number of benzene rings is 1. The van der Waals surface area contributed by atoms with Gasteiger partial charge < -0.3 is 9.88 Å². The average molecular weight is 337 g/mol. The minimum absolute atomic E-state index is 0.0542. The van der Waals surface area contributed by atoms with E-state index in [9.17, 15) is 4.79 Å². The quantitative estimate of drug-likeness (QED) is 0.609. The van der Waals surface area contributed by atoms with Crippen molar-refractivity contribution in [1.82, 2.24) is 24.9 Å². The third kappa shape index (κ3) is 2.93. The van der Waals surface area contributed by atoms with Crippen LogP contribution in [0.1, 0.15) is 5.69 Å². The van der Waals surface area contributed by atoms with E-state index in [4.69, 9.17) is 0 Å². The Hall–Kier alpha value is -2.93. The van der Waals surface area contributed by atoms with Crippen LogP contribution in [0.15, 0.2) is 59.6 Å². The van der Waals surface area contributed by atoms with Crippen molar-refractivity contribution in [2.75, 3.05) is 0 Å². The topological polar surface area (TPSA) is 64.7 Å². The summed E-state index contributed by atoms with van der Waals surface area (Å²) in [5, 5.41) is 16.2. The fourth-order valence-corrected chi connectivity index (χ4v) is 3.19. The molecule has 0 saturated heterocycles. The van der Waals surface area contributed by atoms with E-state index >= 15 is 0 Å². The fourth-order valence-electron chi connectivity index (χ4n) is 2.57. The maximum atomic E-state index is 12.2. The van der Waals surface area contributed by atoms with Crippen molar-refractivity contribution in [3.8, 4) is 5.69 Å². The van der Waals surface area contributed by atoms with Gasteiger partial charge in [0.15, 0.2) is 0 Å². The number of fused-ring (bicyclic) bond motifs is 1. The van der Waals surface area contributed by atoms with Gasteiger partial charge in [-0.05, 0) is 29.0 Å². The zero-order chi connectivity index (χ0) is 16.4. The largest absolute Gasteiger partial charge is 0.349 e. The van der Waals surface area contributed by atoms with E-state index in [0.717, 1.165) is 22.3 Å². The normalized spacial score (nSPS) is 11.0. The van der Waals surface area contributed by atoms with E-state index in [1.165, 1.54) is 0 Å². The molecular weight excluding hydrogens is 322 g/mol. The third-order valence-corrected chi connectivity index (χ3v) is 4.44. The molecule has 1 aromatic carbocycles. The molecule has 3 aromatic heterocycles.